The average molecular weight is 696 g/mol. The fraction of sp³-hybridized carbons (Fsp3) is 0.429. The molecule has 4 heterocycles. The van der Waals surface area contributed by atoms with Gasteiger partial charge in [0, 0.05) is 30.9 Å². The summed E-state index contributed by atoms with van der Waals surface area (Å²) in [6, 6.07) is 19.4. The number of aromatic nitrogens is 4. The lowest BCUT2D eigenvalue weighted by atomic mass is 9.94. The summed E-state index contributed by atoms with van der Waals surface area (Å²) in [5, 5.41) is 13.9. The highest BCUT2D eigenvalue weighted by Crippen LogP contribution is 2.38. The number of fused-ring (bicyclic) bond motifs is 6. The quantitative estimate of drug-likeness (QED) is 0.219. The Morgan fingerprint density at radius 3 is 2.45 bits per heavy atom. The van der Waals surface area contributed by atoms with E-state index in [1.807, 2.05) is 43.0 Å². The van der Waals surface area contributed by atoms with Crippen LogP contribution in [0.4, 0.5) is 24.8 Å². The zero-order valence-electron chi connectivity index (χ0n) is 28.0. The number of pyridine rings is 2. The van der Waals surface area contributed by atoms with Crippen LogP contribution in [0.3, 0.4) is 0 Å². The fourth-order valence-corrected chi connectivity index (χ4v) is 6.36. The molecule has 10 nitrogen and oxygen atoms in total. The van der Waals surface area contributed by atoms with Gasteiger partial charge >= 0.3 is 6.18 Å². The molecule has 0 fully saturated rings. The smallest absolute Gasteiger partial charge is 0.397 e. The summed E-state index contributed by atoms with van der Waals surface area (Å²) in [4.78, 5) is 11.2. The van der Waals surface area contributed by atoms with Crippen molar-refractivity contribution in [1.29, 1.82) is 5.26 Å². The van der Waals surface area contributed by atoms with Gasteiger partial charge in [0.25, 0.3) is 10.0 Å². The van der Waals surface area contributed by atoms with Gasteiger partial charge in [-0.1, -0.05) is 43.2 Å². The van der Waals surface area contributed by atoms with Crippen LogP contribution in [0.15, 0.2) is 71.9 Å². The van der Waals surface area contributed by atoms with Gasteiger partial charge in [-0.2, -0.15) is 26.9 Å². The molecule has 14 heteroatoms. The van der Waals surface area contributed by atoms with Crippen LogP contribution in [0.5, 0.6) is 5.88 Å². The molecule has 4 aromatic rings. The highest BCUT2D eigenvalue weighted by molar-refractivity contribution is 7.92. The number of alkyl halides is 3. The monoisotopic (exact) mass is 695 g/mol. The summed E-state index contributed by atoms with van der Waals surface area (Å²) in [7, 11) is -4.20. The summed E-state index contributed by atoms with van der Waals surface area (Å²) in [5.41, 5.74) is -0.0850. The van der Waals surface area contributed by atoms with Crippen LogP contribution < -0.4 is 14.4 Å². The SMILES string of the molecule is CC(C)(C#N)CN1CCCCCCc2ccccc2-c2nc(ccc2-n2ccc(OCC(C)(C)C(F)(F)F)n2)NS(=O)(=O)c2cccc1n2. The molecular formula is C35H40F3N7O3S. The third-order valence-corrected chi connectivity index (χ3v) is 9.62. The first-order valence-electron chi connectivity index (χ1n) is 16.1. The van der Waals surface area contributed by atoms with Crippen LogP contribution in [-0.4, -0.2) is 54.0 Å². The third-order valence-electron chi connectivity index (χ3n) is 8.37. The second kappa shape index (κ2) is 14.1. The van der Waals surface area contributed by atoms with Crippen LogP contribution in [0.25, 0.3) is 16.9 Å². The number of halogens is 3. The lowest BCUT2D eigenvalue weighted by Gasteiger charge is -2.29. The topological polar surface area (TPSA) is 126 Å². The van der Waals surface area contributed by atoms with Gasteiger partial charge in [0.2, 0.25) is 5.88 Å². The molecule has 260 valence electrons. The number of nitrogens with one attached hydrogen (secondary N) is 1. The molecule has 5 rings (SSSR count). The summed E-state index contributed by atoms with van der Waals surface area (Å²) in [5.74, 6) is 0.510. The van der Waals surface area contributed by atoms with E-state index in [0.29, 0.717) is 30.3 Å². The Morgan fingerprint density at radius 2 is 1.69 bits per heavy atom. The fourth-order valence-electron chi connectivity index (χ4n) is 5.39. The first kappa shape index (κ1) is 35.7. The van der Waals surface area contributed by atoms with Crippen molar-refractivity contribution in [2.24, 2.45) is 10.8 Å². The number of aryl methyl sites for hydroxylation is 1. The van der Waals surface area contributed by atoms with E-state index in [0.717, 1.165) is 57.1 Å². The molecule has 49 heavy (non-hydrogen) atoms. The molecule has 0 spiro atoms. The van der Waals surface area contributed by atoms with Crippen molar-refractivity contribution < 1.29 is 26.3 Å². The molecule has 0 saturated carbocycles. The minimum atomic E-state index is -4.46. The second-order valence-corrected chi connectivity index (χ2v) is 15.1. The molecule has 1 N–H and O–H groups in total. The van der Waals surface area contributed by atoms with Crippen molar-refractivity contribution in [3.8, 4) is 28.9 Å². The Kier molecular flexibility index (Phi) is 10.2. The van der Waals surface area contributed by atoms with E-state index < -0.39 is 33.6 Å². The van der Waals surface area contributed by atoms with Crippen LogP contribution >= 0.6 is 0 Å². The van der Waals surface area contributed by atoms with Crippen molar-refractivity contribution in [3.05, 3.63) is 72.4 Å². The maximum absolute atomic E-state index is 13.7. The van der Waals surface area contributed by atoms with Crippen molar-refractivity contribution in [3.63, 3.8) is 0 Å². The van der Waals surface area contributed by atoms with E-state index in [2.05, 4.69) is 20.9 Å². The van der Waals surface area contributed by atoms with Gasteiger partial charge in [0.05, 0.1) is 28.3 Å². The Hall–Kier alpha value is -4.64. The molecule has 1 aliphatic rings. The molecule has 0 atom stereocenters. The van der Waals surface area contributed by atoms with E-state index in [1.54, 1.807) is 24.4 Å². The lowest BCUT2D eigenvalue weighted by molar-refractivity contribution is -0.219. The summed E-state index contributed by atoms with van der Waals surface area (Å²) >= 11 is 0. The molecule has 0 unspecified atom stereocenters. The van der Waals surface area contributed by atoms with Crippen LogP contribution in [-0.2, 0) is 16.4 Å². The van der Waals surface area contributed by atoms with E-state index in [-0.39, 0.29) is 16.7 Å². The first-order valence-corrected chi connectivity index (χ1v) is 17.6. The van der Waals surface area contributed by atoms with Gasteiger partial charge in [-0.15, -0.1) is 5.10 Å². The maximum Gasteiger partial charge on any atom is 0.397 e. The average Bonchev–Trinajstić information content (AvgIpc) is 3.53. The van der Waals surface area contributed by atoms with E-state index in [1.165, 1.54) is 22.9 Å². The maximum atomic E-state index is 13.7. The van der Waals surface area contributed by atoms with E-state index >= 15 is 0 Å². The van der Waals surface area contributed by atoms with Crippen molar-refractivity contribution in [2.45, 2.75) is 71.0 Å². The normalized spacial score (nSPS) is 15.8. The summed E-state index contributed by atoms with van der Waals surface area (Å²) in [6.45, 7) is 6.18. The molecule has 3 aromatic heterocycles. The molecule has 1 aliphatic heterocycles. The van der Waals surface area contributed by atoms with Gasteiger partial charge in [-0.3, -0.25) is 4.72 Å². The number of nitrogens with zero attached hydrogens (tertiary/aromatic N) is 6. The largest absolute Gasteiger partial charge is 0.476 e. The van der Waals surface area contributed by atoms with Gasteiger partial charge in [0.1, 0.15) is 18.2 Å². The van der Waals surface area contributed by atoms with Crippen molar-refractivity contribution >= 4 is 21.7 Å². The number of benzene rings is 1. The predicted octanol–water partition coefficient (Wildman–Crippen LogP) is 7.57. The van der Waals surface area contributed by atoms with Gasteiger partial charge < -0.3 is 9.64 Å². The van der Waals surface area contributed by atoms with Crippen LogP contribution in [0.1, 0.15) is 58.9 Å². The highest BCUT2D eigenvalue weighted by atomic mass is 32.2. The Balaban J connectivity index is 1.55. The standard InChI is InChI=1S/C35H40F3N7O3S/c1-33(2,22-39)23-44-20-10-6-5-7-12-25-13-8-9-14-26(25)32-27(45-21-19-30(42-45)48-24-34(3,4)35(36,37)38)17-18-28(40-32)43-49(46,47)31-16-11-15-29(44)41-31/h8-9,11,13-19,21H,5-7,10,12,20,23-24H2,1-4H3,(H,40,43). The number of hydrogen-bond acceptors (Lipinski definition) is 8. The zero-order chi connectivity index (χ0) is 35.5. The number of nitriles is 1. The summed E-state index contributed by atoms with van der Waals surface area (Å²) in [6.07, 6.45) is 1.43. The molecular weight excluding hydrogens is 655 g/mol. The number of hydrogen-bond donors (Lipinski definition) is 1. The highest BCUT2D eigenvalue weighted by Gasteiger charge is 2.48. The first-order chi connectivity index (χ1) is 23.1. The molecule has 0 aliphatic carbocycles. The van der Waals surface area contributed by atoms with Gasteiger partial charge in [0.15, 0.2) is 5.03 Å². The predicted molar refractivity (Wildman–Crippen MR) is 181 cm³/mol. The molecule has 4 bridgehead atoms. The Morgan fingerprint density at radius 1 is 0.939 bits per heavy atom. The second-order valence-electron chi connectivity index (χ2n) is 13.5. The Labute approximate surface area is 285 Å². The van der Waals surface area contributed by atoms with Crippen LogP contribution in [0.2, 0.25) is 0 Å². The molecule has 0 amide bonds. The van der Waals surface area contributed by atoms with Crippen LogP contribution in [0, 0.1) is 22.2 Å². The van der Waals surface area contributed by atoms with Gasteiger partial charge in [-0.05, 0) is 76.8 Å². The third kappa shape index (κ3) is 8.51. The minimum Gasteiger partial charge on any atom is -0.476 e. The minimum absolute atomic E-state index is 0.00465. The van der Waals surface area contributed by atoms with E-state index in [4.69, 9.17) is 9.72 Å². The van der Waals surface area contributed by atoms with E-state index in [9.17, 15) is 26.9 Å². The molecule has 0 radical (unpaired) electrons. The number of anilines is 2. The Bertz CT molecular complexity index is 1930. The van der Waals surface area contributed by atoms with Crippen molar-refractivity contribution in [1.82, 2.24) is 19.7 Å². The number of sulfonamides is 1. The summed E-state index contributed by atoms with van der Waals surface area (Å²) < 4.78 is 77.1. The zero-order valence-corrected chi connectivity index (χ0v) is 28.8. The molecule has 0 saturated heterocycles. The number of ether oxygens (including phenoxy) is 1. The number of rotatable bonds is 6. The van der Waals surface area contributed by atoms with Crippen molar-refractivity contribution in [2.75, 3.05) is 29.3 Å². The molecule has 1 aromatic carbocycles. The lowest BCUT2D eigenvalue weighted by Crippen LogP contribution is -2.37. The van der Waals surface area contributed by atoms with Gasteiger partial charge in [-0.25, -0.2) is 14.6 Å².